The van der Waals surface area contributed by atoms with Gasteiger partial charge in [-0.1, -0.05) is 23.7 Å². The lowest BCUT2D eigenvalue weighted by atomic mass is 9.86. The average Bonchev–Trinajstić information content (AvgIpc) is 3.03. The number of amides is 2. The van der Waals surface area contributed by atoms with Gasteiger partial charge in [0.1, 0.15) is 10.8 Å². The Morgan fingerprint density at radius 3 is 2.40 bits per heavy atom. The van der Waals surface area contributed by atoms with Gasteiger partial charge in [-0.15, -0.1) is 0 Å². The molecule has 2 heterocycles. The van der Waals surface area contributed by atoms with Crippen LogP contribution in [0.25, 0.3) is 0 Å². The second-order valence-corrected chi connectivity index (χ2v) is 15.2. The van der Waals surface area contributed by atoms with Crippen molar-refractivity contribution in [3.8, 4) is 5.75 Å². The van der Waals surface area contributed by atoms with Gasteiger partial charge in [-0.3, -0.25) is 9.59 Å². The van der Waals surface area contributed by atoms with E-state index < -0.39 is 21.0 Å². The monoisotopic (exact) mass is 700 g/mol. The number of sulfone groups is 1. The van der Waals surface area contributed by atoms with Crippen LogP contribution in [0.4, 0.5) is 23.1 Å². The van der Waals surface area contributed by atoms with Crippen LogP contribution in [-0.2, 0) is 24.2 Å². The van der Waals surface area contributed by atoms with E-state index in [0.717, 1.165) is 24.0 Å². The topological polar surface area (TPSA) is 166 Å². The number of anilines is 4. The molecule has 48 heavy (non-hydrogen) atoms. The van der Waals surface area contributed by atoms with Crippen molar-refractivity contribution >= 4 is 56.4 Å². The molecule has 2 aromatic carbocycles. The lowest BCUT2D eigenvalue weighted by molar-refractivity contribution is -0.133. The normalized spacial score (nSPS) is 14.0. The predicted octanol–water partition coefficient (Wildman–Crippen LogP) is 5.88. The third-order valence-electron chi connectivity index (χ3n) is 8.03. The van der Waals surface area contributed by atoms with Gasteiger partial charge in [-0.2, -0.15) is 4.98 Å². The SMILES string of the molecule is Cc1cc(Nc2ncc(Cl)c(Nc3ccccc3S(=O)(=O)C(C)C)n2)c(OC(C)C)cc1C1CCN(C(=O)CCOCCC(N)=O)CC1. The molecule has 260 valence electrons. The minimum Gasteiger partial charge on any atom is -0.489 e. The summed E-state index contributed by atoms with van der Waals surface area (Å²) in [6.45, 7) is 11.0. The van der Waals surface area contributed by atoms with E-state index in [0.29, 0.717) is 30.2 Å². The van der Waals surface area contributed by atoms with Gasteiger partial charge < -0.3 is 30.7 Å². The van der Waals surface area contributed by atoms with E-state index in [4.69, 9.17) is 26.8 Å². The number of aromatic nitrogens is 2. The van der Waals surface area contributed by atoms with Gasteiger partial charge in [-0.25, -0.2) is 13.4 Å². The van der Waals surface area contributed by atoms with E-state index >= 15 is 0 Å². The lowest BCUT2D eigenvalue weighted by Crippen LogP contribution is -2.38. The summed E-state index contributed by atoms with van der Waals surface area (Å²) >= 11 is 6.45. The Labute approximate surface area is 287 Å². The molecule has 1 aromatic heterocycles. The fraction of sp³-hybridized carbons (Fsp3) is 0.471. The smallest absolute Gasteiger partial charge is 0.229 e. The van der Waals surface area contributed by atoms with Crippen LogP contribution in [0.2, 0.25) is 5.02 Å². The Morgan fingerprint density at radius 1 is 1.04 bits per heavy atom. The number of hydrogen-bond acceptors (Lipinski definition) is 10. The van der Waals surface area contributed by atoms with Gasteiger partial charge in [0.05, 0.1) is 53.5 Å². The number of para-hydroxylation sites is 1. The van der Waals surface area contributed by atoms with Gasteiger partial charge in [-0.05, 0) is 88.8 Å². The van der Waals surface area contributed by atoms with E-state index in [1.54, 1.807) is 38.1 Å². The molecular weight excluding hydrogens is 656 g/mol. The van der Waals surface area contributed by atoms with E-state index in [2.05, 4.69) is 26.7 Å². The number of nitrogens with zero attached hydrogens (tertiary/aromatic N) is 3. The highest BCUT2D eigenvalue weighted by Crippen LogP contribution is 2.38. The molecule has 2 amide bonds. The molecule has 0 saturated carbocycles. The standard InChI is InChI=1S/C34H45ClN6O6S/c1-21(2)47-29-19-25(24-10-14-41(15-11-24)32(43)13-17-46-16-12-31(36)42)23(5)18-28(29)39-34-37-20-26(35)33(40-34)38-27-8-6-7-9-30(27)48(44,45)22(3)4/h6-9,18-22,24H,10-17H2,1-5H3,(H2,36,42)(H2,37,38,39,40). The fourth-order valence-corrected chi connectivity index (χ4v) is 6.80. The zero-order valence-corrected chi connectivity index (χ0v) is 29.7. The molecule has 0 unspecified atom stereocenters. The molecule has 1 fully saturated rings. The maximum atomic E-state index is 13.0. The van der Waals surface area contributed by atoms with Crippen molar-refractivity contribution in [3.05, 3.63) is 58.7 Å². The molecule has 4 N–H and O–H groups in total. The van der Waals surface area contributed by atoms with Crippen molar-refractivity contribution in [1.29, 1.82) is 0 Å². The van der Waals surface area contributed by atoms with Crippen LogP contribution in [-0.4, -0.2) is 72.8 Å². The summed E-state index contributed by atoms with van der Waals surface area (Å²) in [6, 6.07) is 10.7. The van der Waals surface area contributed by atoms with Crippen molar-refractivity contribution in [2.75, 3.05) is 36.9 Å². The molecule has 1 aliphatic heterocycles. The summed E-state index contributed by atoms with van der Waals surface area (Å²) in [5.74, 6) is 0.989. The zero-order valence-electron chi connectivity index (χ0n) is 28.1. The number of halogens is 1. The number of nitrogens with one attached hydrogen (secondary N) is 2. The first-order valence-corrected chi connectivity index (χ1v) is 18.0. The summed E-state index contributed by atoms with van der Waals surface area (Å²) in [4.78, 5) is 34.5. The number of rotatable bonds is 15. The fourth-order valence-electron chi connectivity index (χ4n) is 5.46. The number of nitrogens with two attached hydrogens (primary N) is 1. The number of piperidine rings is 1. The lowest BCUT2D eigenvalue weighted by Gasteiger charge is -2.33. The summed E-state index contributed by atoms with van der Waals surface area (Å²) in [7, 11) is -3.57. The van der Waals surface area contributed by atoms with Gasteiger partial charge in [0, 0.05) is 19.5 Å². The number of carbonyl (C=O) groups is 2. The van der Waals surface area contributed by atoms with Crippen LogP contribution in [0.5, 0.6) is 5.75 Å². The minimum absolute atomic E-state index is 0.0366. The first-order valence-electron chi connectivity index (χ1n) is 16.1. The number of aryl methyl sites for hydroxylation is 1. The molecule has 0 atom stereocenters. The quantitative estimate of drug-likeness (QED) is 0.163. The number of likely N-dealkylation sites (tertiary alicyclic amines) is 1. The van der Waals surface area contributed by atoms with Crippen LogP contribution in [0.1, 0.15) is 70.4 Å². The van der Waals surface area contributed by atoms with Crippen LogP contribution in [0.15, 0.2) is 47.5 Å². The van der Waals surface area contributed by atoms with E-state index in [-0.39, 0.29) is 65.7 Å². The summed E-state index contributed by atoms with van der Waals surface area (Å²) in [5.41, 5.74) is 8.37. The van der Waals surface area contributed by atoms with Gasteiger partial charge in [0.25, 0.3) is 0 Å². The molecule has 0 aliphatic carbocycles. The first kappa shape index (κ1) is 36.9. The number of ether oxygens (including phenoxy) is 2. The van der Waals surface area contributed by atoms with Crippen molar-refractivity contribution in [3.63, 3.8) is 0 Å². The van der Waals surface area contributed by atoms with E-state index in [1.165, 1.54) is 6.20 Å². The number of primary amides is 1. The first-order chi connectivity index (χ1) is 22.8. The van der Waals surface area contributed by atoms with Crippen LogP contribution >= 0.6 is 11.6 Å². The molecule has 4 rings (SSSR count). The second-order valence-electron chi connectivity index (χ2n) is 12.3. The number of carbonyl (C=O) groups excluding carboxylic acids is 2. The van der Waals surface area contributed by atoms with Crippen LogP contribution in [0, 0.1) is 6.92 Å². The number of hydrogen-bond donors (Lipinski definition) is 3. The van der Waals surface area contributed by atoms with Crippen LogP contribution < -0.4 is 21.1 Å². The highest BCUT2D eigenvalue weighted by molar-refractivity contribution is 7.92. The third kappa shape index (κ3) is 9.57. The van der Waals surface area contributed by atoms with Crippen molar-refractivity contribution in [2.45, 2.75) is 82.5 Å². The maximum absolute atomic E-state index is 13.0. The van der Waals surface area contributed by atoms with Gasteiger partial charge in [0.2, 0.25) is 17.8 Å². The predicted molar refractivity (Wildman–Crippen MR) is 187 cm³/mol. The molecule has 3 aromatic rings. The van der Waals surface area contributed by atoms with Crippen molar-refractivity contribution < 1.29 is 27.5 Å². The maximum Gasteiger partial charge on any atom is 0.229 e. The minimum atomic E-state index is -3.57. The largest absolute Gasteiger partial charge is 0.489 e. The Hall–Kier alpha value is -3.94. The molecule has 12 nitrogen and oxygen atoms in total. The Balaban J connectivity index is 1.49. The van der Waals surface area contributed by atoms with Crippen LogP contribution in [0.3, 0.4) is 0 Å². The summed E-state index contributed by atoms with van der Waals surface area (Å²) in [5, 5.41) is 5.97. The Morgan fingerprint density at radius 2 is 1.73 bits per heavy atom. The molecule has 0 spiro atoms. The van der Waals surface area contributed by atoms with Gasteiger partial charge in [0.15, 0.2) is 15.7 Å². The average molecular weight is 701 g/mol. The molecule has 1 aliphatic rings. The second kappa shape index (κ2) is 16.4. The number of benzene rings is 2. The van der Waals surface area contributed by atoms with Crippen molar-refractivity contribution in [2.24, 2.45) is 5.73 Å². The van der Waals surface area contributed by atoms with Gasteiger partial charge >= 0.3 is 0 Å². The third-order valence-corrected chi connectivity index (χ3v) is 10.5. The highest BCUT2D eigenvalue weighted by atomic mass is 35.5. The zero-order chi connectivity index (χ0) is 35.0. The van der Waals surface area contributed by atoms with E-state index in [1.807, 2.05) is 31.7 Å². The summed E-state index contributed by atoms with van der Waals surface area (Å²) < 4.78 is 37.6. The van der Waals surface area contributed by atoms with Crippen molar-refractivity contribution in [1.82, 2.24) is 14.9 Å². The summed E-state index contributed by atoms with van der Waals surface area (Å²) in [6.07, 6.45) is 3.38. The molecule has 14 heteroatoms. The Kier molecular flexibility index (Phi) is 12.6. The molecular formula is C34H45ClN6O6S. The Bertz CT molecular complexity index is 1710. The molecule has 0 radical (unpaired) electrons. The highest BCUT2D eigenvalue weighted by Gasteiger charge is 2.27. The molecule has 1 saturated heterocycles. The molecule has 0 bridgehead atoms. The van der Waals surface area contributed by atoms with E-state index in [9.17, 15) is 18.0 Å².